The van der Waals surface area contributed by atoms with Crippen LogP contribution in [-0.2, 0) is 46.5 Å². The number of nitrogens with zero attached hydrogens (tertiary/aromatic N) is 4. The third kappa shape index (κ3) is 12.5. The predicted octanol–water partition coefficient (Wildman–Crippen LogP) is 6.70. The van der Waals surface area contributed by atoms with Gasteiger partial charge in [-0.1, -0.05) is 60.7 Å². The molecule has 63 heavy (non-hydrogen) atoms. The normalized spacial score (nSPS) is 14.5. The quantitative estimate of drug-likeness (QED) is 0.0829. The second kappa shape index (κ2) is 21.4. The Kier molecular flexibility index (Phi) is 16.3. The summed E-state index contributed by atoms with van der Waals surface area (Å²) in [6.07, 6.45) is -6.21. The average molecular weight is 881 g/mol. The average Bonchev–Trinajstić information content (AvgIpc) is 3.26. The van der Waals surface area contributed by atoms with E-state index in [2.05, 4.69) is 23.7 Å². The third-order valence-electron chi connectivity index (χ3n) is 11.0. The molecule has 336 valence electrons. The molecule has 0 radical (unpaired) electrons. The summed E-state index contributed by atoms with van der Waals surface area (Å²) in [5.41, 5.74) is 2.14. The Bertz CT molecular complexity index is 2400. The van der Waals surface area contributed by atoms with Crippen LogP contribution in [0.1, 0.15) is 62.0 Å². The van der Waals surface area contributed by atoms with E-state index in [4.69, 9.17) is 20.4 Å². The van der Waals surface area contributed by atoms with Crippen molar-refractivity contribution >= 4 is 28.7 Å². The molecule has 0 spiro atoms. The van der Waals surface area contributed by atoms with Crippen LogP contribution in [0.4, 0.5) is 22.0 Å². The molecular weight excluding hydrogens is 832 g/mol. The van der Waals surface area contributed by atoms with Gasteiger partial charge < -0.3 is 34.8 Å². The van der Waals surface area contributed by atoms with Gasteiger partial charge in [-0.3, -0.25) is 9.59 Å². The van der Waals surface area contributed by atoms with Crippen molar-refractivity contribution in [3.8, 4) is 11.1 Å². The van der Waals surface area contributed by atoms with Gasteiger partial charge in [-0.25, -0.2) is 18.4 Å². The summed E-state index contributed by atoms with van der Waals surface area (Å²) in [6, 6.07) is 24.3. The number of aryl methyl sites for hydroxylation is 3. The van der Waals surface area contributed by atoms with Gasteiger partial charge in [-0.2, -0.15) is 18.2 Å². The molecule has 2 heterocycles. The number of fused-ring (bicyclic) bond motifs is 1. The second-order valence-electron chi connectivity index (χ2n) is 15.5. The first-order valence-electron chi connectivity index (χ1n) is 20.4. The van der Waals surface area contributed by atoms with E-state index >= 15 is 0 Å². The van der Waals surface area contributed by atoms with Gasteiger partial charge in [0, 0.05) is 51.1 Å². The number of hydrogen-bond acceptors (Lipinski definition) is 8. The van der Waals surface area contributed by atoms with Crippen molar-refractivity contribution < 1.29 is 56.8 Å². The van der Waals surface area contributed by atoms with E-state index in [0.29, 0.717) is 47.8 Å². The van der Waals surface area contributed by atoms with Gasteiger partial charge in [0.05, 0.1) is 16.5 Å². The molecule has 0 saturated carbocycles. The molecule has 12 nitrogen and oxygen atoms in total. The molecule has 0 aliphatic carbocycles. The van der Waals surface area contributed by atoms with Crippen molar-refractivity contribution in [1.29, 1.82) is 0 Å². The van der Waals surface area contributed by atoms with Crippen molar-refractivity contribution in [3.63, 3.8) is 0 Å². The zero-order valence-corrected chi connectivity index (χ0v) is 34.6. The fraction of sp³-hybridized carbons (Fsp3) is 0.370. The minimum Gasteiger partial charge on any atom is -0.479 e. The molecule has 1 aliphatic heterocycles. The number of carbonyl (C=O) groups is 3. The first-order valence-corrected chi connectivity index (χ1v) is 20.4. The van der Waals surface area contributed by atoms with Crippen LogP contribution in [0.2, 0.25) is 0 Å². The summed E-state index contributed by atoms with van der Waals surface area (Å²) in [6.45, 7) is 6.87. The monoisotopic (exact) mass is 880 g/mol. The van der Waals surface area contributed by atoms with Crippen LogP contribution in [0.15, 0.2) is 95.8 Å². The molecule has 1 saturated heterocycles. The molecule has 5 aromatic rings. The number of aromatic nitrogens is 2. The number of benzene rings is 4. The lowest BCUT2D eigenvalue weighted by Gasteiger charge is -2.40. The highest BCUT2D eigenvalue weighted by Crippen LogP contribution is 2.31. The number of carboxylic acid groups (broad SMARTS) is 2. The van der Waals surface area contributed by atoms with E-state index < -0.39 is 53.1 Å². The second-order valence-corrected chi connectivity index (χ2v) is 15.5. The number of hydrogen-bond donors (Lipinski definition) is 4. The molecule has 4 N–H and O–H groups in total. The molecule has 1 amide bonds. The number of halogens is 5. The van der Waals surface area contributed by atoms with Gasteiger partial charge in [0.2, 0.25) is 5.91 Å². The van der Waals surface area contributed by atoms with Crippen molar-refractivity contribution in [2.45, 2.75) is 95.9 Å². The van der Waals surface area contributed by atoms with Crippen LogP contribution in [0.25, 0.3) is 22.0 Å². The van der Waals surface area contributed by atoms with E-state index in [1.165, 1.54) is 24.3 Å². The lowest BCUT2D eigenvalue weighted by molar-refractivity contribution is -0.165. The third-order valence-corrected chi connectivity index (χ3v) is 11.0. The Hall–Kier alpha value is -6.04. The fourth-order valence-electron chi connectivity index (χ4n) is 7.48. The van der Waals surface area contributed by atoms with E-state index in [9.17, 15) is 41.1 Å². The minimum absolute atomic E-state index is 0.00139. The molecule has 0 bridgehead atoms. The van der Waals surface area contributed by atoms with Crippen LogP contribution in [-0.4, -0.2) is 95.0 Å². The van der Waals surface area contributed by atoms with Crippen LogP contribution in [0, 0.1) is 11.6 Å². The first-order chi connectivity index (χ1) is 29.8. The number of carboxylic acids is 2. The highest BCUT2D eigenvalue weighted by atomic mass is 19.4. The zero-order chi connectivity index (χ0) is 46.0. The summed E-state index contributed by atoms with van der Waals surface area (Å²) < 4.78 is 69.5. The fourth-order valence-corrected chi connectivity index (χ4v) is 7.48. The smallest absolute Gasteiger partial charge is 0.416 e. The van der Waals surface area contributed by atoms with Gasteiger partial charge >= 0.3 is 18.1 Å². The SMILES string of the molecule is CC(C)N1CCC(N(Cc2ccc(-c3ccc(C(F)(F)F)cc3)cc2)C(=O)CCCn2c(CCc3cccc(F)c3F)nc(=O)c3ccccc32)CC1.O=C(O)C(O)C(O)C(=O)O. The summed E-state index contributed by atoms with van der Waals surface area (Å²) in [5.74, 6) is -4.94. The first kappa shape index (κ1) is 48.0. The number of aliphatic carboxylic acids is 2. The molecule has 4 aromatic carbocycles. The number of carbonyl (C=O) groups excluding carboxylic acids is 1. The molecule has 1 fully saturated rings. The van der Waals surface area contributed by atoms with Crippen LogP contribution in [0.5, 0.6) is 0 Å². The van der Waals surface area contributed by atoms with Gasteiger partial charge in [0.15, 0.2) is 23.8 Å². The zero-order valence-electron chi connectivity index (χ0n) is 34.6. The number of amides is 1. The van der Waals surface area contributed by atoms with Crippen LogP contribution >= 0.6 is 0 Å². The highest BCUT2D eigenvalue weighted by molar-refractivity contribution is 5.83. The number of alkyl halides is 3. The Morgan fingerprint density at radius 1 is 0.810 bits per heavy atom. The van der Waals surface area contributed by atoms with Gasteiger partial charge in [0.25, 0.3) is 5.56 Å². The Morgan fingerprint density at radius 3 is 1.97 bits per heavy atom. The van der Waals surface area contributed by atoms with Crippen LogP contribution in [0.3, 0.4) is 0 Å². The molecule has 1 aliphatic rings. The van der Waals surface area contributed by atoms with E-state index in [-0.39, 0.29) is 36.8 Å². The maximum Gasteiger partial charge on any atom is 0.416 e. The van der Waals surface area contributed by atoms with Crippen molar-refractivity contribution in [3.05, 3.63) is 135 Å². The van der Waals surface area contributed by atoms with Crippen LogP contribution < -0.4 is 5.56 Å². The van der Waals surface area contributed by atoms with Crippen molar-refractivity contribution in [2.75, 3.05) is 13.1 Å². The van der Waals surface area contributed by atoms with Gasteiger partial charge in [-0.15, -0.1) is 0 Å². The number of piperidine rings is 1. The Labute approximate surface area is 359 Å². The van der Waals surface area contributed by atoms with E-state index in [1.54, 1.807) is 12.1 Å². The van der Waals surface area contributed by atoms with Gasteiger partial charge in [-0.05, 0) is 92.1 Å². The number of rotatable bonds is 15. The maximum atomic E-state index is 14.5. The summed E-state index contributed by atoms with van der Waals surface area (Å²) in [4.78, 5) is 55.3. The Morgan fingerprint density at radius 2 is 1.40 bits per heavy atom. The molecule has 2 unspecified atom stereocenters. The summed E-state index contributed by atoms with van der Waals surface area (Å²) in [7, 11) is 0. The topological polar surface area (TPSA) is 174 Å². The molecule has 2 atom stereocenters. The lowest BCUT2D eigenvalue weighted by atomic mass is 9.99. The highest BCUT2D eigenvalue weighted by Gasteiger charge is 2.31. The molecule has 1 aromatic heterocycles. The van der Waals surface area contributed by atoms with Crippen molar-refractivity contribution in [1.82, 2.24) is 19.4 Å². The van der Waals surface area contributed by atoms with E-state index in [1.807, 2.05) is 45.9 Å². The molecule has 6 rings (SSSR count). The predicted molar refractivity (Wildman–Crippen MR) is 223 cm³/mol. The van der Waals surface area contributed by atoms with E-state index in [0.717, 1.165) is 55.3 Å². The Balaban J connectivity index is 0.000000667. The van der Waals surface area contributed by atoms with Crippen molar-refractivity contribution in [2.24, 2.45) is 0 Å². The number of aliphatic hydroxyl groups is 2. The standard InChI is InChI=1S/C42H43F5N4O2.C4H6O6/c1-28(2)49-25-22-34(23-26-49)51(27-29-12-14-30(15-13-29)31-16-19-33(20-17-31)42(45,46)47)39(52)11-6-24-50-37-10-4-3-8-35(37)41(53)48-38(50)21-18-32-7-5-9-36(43)40(32)44;5-1(3(7)8)2(6)4(9)10/h3-5,7-10,12-17,19-20,28,34H,6,11,18,21-27H2,1-2H3;1-2,5-6H,(H,7,8)(H,9,10). The summed E-state index contributed by atoms with van der Waals surface area (Å²) >= 11 is 0. The number of likely N-dealkylation sites (tertiary alicyclic amines) is 1. The lowest BCUT2D eigenvalue weighted by Crippen LogP contribution is -2.48. The number of aliphatic hydroxyl groups excluding tert-OH is 2. The molecule has 17 heteroatoms. The minimum atomic E-state index is -4.40. The largest absolute Gasteiger partial charge is 0.479 e. The summed E-state index contributed by atoms with van der Waals surface area (Å²) in [5, 5.41) is 33.0. The maximum absolute atomic E-state index is 14.5. The van der Waals surface area contributed by atoms with Gasteiger partial charge in [0.1, 0.15) is 5.82 Å². The molecular formula is C46H49F5N4O8. The number of para-hydroxylation sites is 1.